The van der Waals surface area contributed by atoms with Gasteiger partial charge in [0.25, 0.3) is 0 Å². The molecular weight excluding hydrogens is 184 g/mol. The molecule has 1 aromatic rings. The van der Waals surface area contributed by atoms with Crippen molar-refractivity contribution in [3.63, 3.8) is 0 Å². The van der Waals surface area contributed by atoms with Gasteiger partial charge in [-0.25, -0.2) is 0 Å². The molecule has 0 unspecified atom stereocenters. The number of nitrogens with zero attached hydrogens (tertiary/aromatic N) is 2. The maximum Gasteiger partial charge on any atom is 0.172 e. The summed E-state index contributed by atoms with van der Waals surface area (Å²) < 4.78 is 0. The summed E-state index contributed by atoms with van der Waals surface area (Å²) in [7, 11) is 0. The molecule has 0 bridgehead atoms. The molecule has 72 valence electrons. The Morgan fingerprint density at radius 2 is 2.50 bits per heavy atom. The Labute approximate surface area is 80.0 Å². The van der Waals surface area contributed by atoms with Crippen LogP contribution in [0.2, 0.25) is 0 Å². The summed E-state index contributed by atoms with van der Waals surface area (Å²) in [6.07, 6.45) is 2.51. The number of pyridine rings is 1. The van der Waals surface area contributed by atoms with E-state index in [-0.39, 0.29) is 6.42 Å². The van der Waals surface area contributed by atoms with Gasteiger partial charge in [-0.15, -0.1) is 0 Å². The molecule has 2 heterocycles. The highest BCUT2D eigenvalue weighted by molar-refractivity contribution is 6.02. The summed E-state index contributed by atoms with van der Waals surface area (Å²) in [5.41, 5.74) is 1.36. The number of carboxylic acids is 1. The first-order valence-corrected chi connectivity index (χ1v) is 4.11. The number of rotatable bonds is 2. The quantitative estimate of drug-likeness (QED) is 0.621. The van der Waals surface area contributed by atoms with E-state index < -0.39 is 12.1 Å². The lowest BCUT2D eigenvalue weighted by molar-refractivity contribution is -0.315. The Hall–Kier alpha value is -1.91. The third kappa shape index (κ3) is 1.56. The number of hydrogen-bond donors (Lipinski definition) is 0. The van der Waals surface area contributed by atoms with Crippen molar-refractivity contribution in [2.24, 2.45) is 5.16 Å². The van der Waals surface area contributed by atoms with Gasteiger partial charge in [-0.1, -0.05) is 5.16 Å². The monoisotopic (exact) mass is 191 g/mol. The van der Waals surface area contributed by atoms with Gasteiger partial charge in [-0.3, -0.25) is 4.98 Å². The number of oxime groups is 1. The minimum absolute atomic E-state index is 0.230. The SMILES string of the molecule is O=C([O-])[C@@H]1CC(c2cccnc2)=NO1. The van der Waals surface area contributed by atoms with Crippen LogP contribution in [-0.4, -0.2) is 22.8 Å². The maximum absolute atomic E-state index is 10.5. The van der Waals surface area contributed by atoms with Gasteiger partial charge in [0.2, 0.25) is 0 Å². The largest absolute Gasteiger partial charge is 0.546 e. The zero-order valence-corrected chi connectivity index (χ0v) is 7.21. The lowest BCUT2D eigenvalue weighted by Gasteiger charge is -2.07. The summed E-state index contributed by atoms with van der Waals surface area (Å²) in [5.74, 6) is -1.24. The van der Waals surface area contributed by atoms with Crippen LogP contribution in [0, 0.1) is 0 Å². The van der Waals surface area contributed by atoms with Crippen molar-refractivity contribution in [2.75, 3.05) is 0 Å². The van der Waals surface area contributed by atoms with Gasteiger partial charge in [0.05, 0.1) is 11.7 Å². The minimum atomic E-state index is -1.24. The van der Waals surface area contributed by atoms with E-state index >= 15 is 0 Å². The van der Waals surface area contributed by atoms with Crippen molar-refractivity contribution in [1.29, 1.82) is 0 Å². The fourth-order valence-electron chi connectivity index (χ4n) is 1.21. The Morgan fingerprint density at radius 3 is 3.07 bits per heavy atom. The molecule has 14 heavy (non-hydrogen) atoms. The van der Waals surface area contributed by atoms with Gasteiger partial charge >= 0.3 is 0 Å². The average molecular weight is 191 g/mol. The van der Waals surface area contributed by atoms with Crippen LogP contribution in [0.15, 0.2) is 29.7 Å². The molecule has 1 aromatic heterocycles. The summed E-state index contributed by atoms with van der Waals surface area (Å²) in [5, 5.41) is 14.1. The van der Waals surface area contributed by atoms with E-state index in [0.29, 0.717) is 5.71 Å². The Kier molecular flexibility index (Phi) is 2.14. The zero-order chi connectivity index (χ0) is 9.97. The Balaban J connectivity index is 2.13. The normalized spacial score (nSPS) is 20.0. The lowest BCUT2D eigenvalue weighted by Crippen LogP contribution is -2.35. The Bertz CT molecular complexity index is 375. The third-order valence-electron chi connectivity index (χ3n) is 1.93. The Morgan fingerprint density at radius 1 is 1.64 bits per heavy atom. The van der Waals surface area contributed by atoms with E-state index in [0.717, 1.165) is 5.56 Å². The molecule has 5 nitrogen and oxygen atoms in total. The molecule has 2 rings (SSSR count). The van der Waals surface area contributed by atoms with Crippen LogP contribution in [0.1, 0.15) is 12.0 Å². The molecule has 5 heteroatoms. The first-order valence-electron chi connectivity index (χ1n) is 4.11. The first kappa shape index (κ1) is 8.68. The third-order valence-corrected chi connectivity index (χ3v) is 1.93. The smallest absolute Gasteiger partial charge is 0.172 e. The molecule has 1 atom stereocenters. The van der Waals surface area contributed by atoms with E-state index in [4.69, 9.17) is 0 Å². The van der Waals surface area contributed by atoms with Gasteiger partial charge in [-0.2, -0.15) is 0 Å². The second-order valence-corrected chi connectivity index (χ2v) is 2.90. The highest BCUT2D eigenvalue weighted by Gasteiger charge is 2.22. The van der Waals surface area contributed by atoms with E-state index in [1.165, 1.54) is 0 Å². The molecule has 0 aliphatic carbocycles. The molecule has 1 aliphatic heterocycles. The topological polar surface area (TPSA) is 74.6 Å². The van der Waals surface area contributed by atoms with Gasteiger partial charge in [0.1, 0.15) is 0 Å². The van der Waals surface area contributed by atoms with Crippen LogP contribution in [0.4, 0.5) is 0 Å². The summed E-state index contributed by atoms with van der Waals surface area (Å²) >= 11 is 0. The maximum atomic E-state index is 10.5. The van der Waals surface area contributed by atoms with Gasteiger partial charge < -0.3 is 14.7 Å². The highest BCUT2D eigenvalue weighted by Crippen LogP contribution is 2.15. The standard InChI is InChI=1S/C9H8N2O3/c12-9(13)8-4-7(11-14-8)6-2-1-3-10-5-6/h1-3,5,8H,4H2,(H,12,13)/p-1/t8-/m0/s1. The zero-order valence-electron chi connectivity index (χ0n) is 7.21. The van der Waals surface area contributed by atoms with Gasteiger partial charge in [0, 0.05) is 24.4 Å². The molecule has 0 radical (unpaired) electrons. The van der Waals surface area contributed by atoms with E-state index in [2.05, 4.69) is 15.0 Å². The molecule has 0 saturated carbocycles. The second-order valence-electron chi connectivity index (χ2n) is 2.90. The van der Waals surface area contributed by atoms with Crippen molar-refractivity contribution in [3.8, 4) is 0 Å². The number of carboxylic acid groups (broad SMARTS) is 1. The van der Waals surface area contributed by atoms with Crippen molar-refractivity contribution < 1.29 is 14.7 Å². The molecule has 0 spiro atoms. The molecular formula is C9H7N2O3-. The molecule has 0 saturated heterocycles. The van der Waals surface area contributed by atoms with Crippen LogP contribution in [0.25, 0.3) is 0 Å². The van der Waals surface area contributed by atoms with Gasteiger partial charge in [-0.05, 0) is 12.1 Å². The predicted molar refractivity (Wildman–Crippen MR) is 45.3 cm³/mol. The highest BCUT2D eigenvalue weighted by atomic mass is 16.7. The van der Waals surface area contributed by atoms with Crippen molar-refractivity contribution in [1.82, 2.24) is 4.98 Å². The van der Waals surface area contributed by atoms with Crippen LogP contribution >= 0.6 is 0 Å². The number of aliphatic carboxylic acids is 1. The van der Waals surface area contributed by atoms with Crippen LogP contribution in [-0.2, 0) is 9.63 Å². The molecule has 1 aliphatic rings. The minimum Gasteiger partial charge on any atom is -0.546 e. The number of aromatic nitrogens is 1. The van der Waals surface area contributed by atoms with Crippen LogP contribution in [0.3, 0.4) is 0 Å². The summed E-state index contributed by atoms with van der Waals surface area (Å²) in [6, 6.07) is 3.55. The fraction of sp³-hybridized carbons (Fsp3) is 0.222. The van der Waals surface area contributed by atoms with E-state index in [1.807, 2.05) is 0 Å². The predicted octanol–water partition coefficient (Wildman–Crippen LogP) is -0.676. The fourth-order valence-corrected chi connectivity index (χ4v) is 1.21. The van der Waals surface area contributed by atoms with Crippen LogP contribution < -0.4 is 5.11 Å². The van der Waals surface area contributed by atoms with E-state index in [9.17, 15) is 9.90 Å². The van der Waals surface area contributed by atoms with Crippen LogP contribution in [0.5, 0.6) is 0 Å². The average Bonchev–Trinajstić information content (AvgIpc) is 2.68. The summed E-state index contributed by atoms with van der Waals surface area (Å²) in [4.78, 5) is 19.0. The number of carbonyl (C=O) groups is 1. The second kappa shape index (κ2) is 3.45. The number of carbonyl (C=O) groups excluding carboxylic acids is 1. The summed E-state index contributed by atoms with van der Waals surface area (Å²) in [6.45, 7) is 0. The number of hydrogen-bond acceptors (Lipinski definition) is 5. The van der Waals surface area contributed by atoms with Crippen molar-refractivity contribution in [2.45, 2.75) is 12.5 Å². The lowest BCUT2D eigenvalue weighted by atomic mass is 10.1. The van der Waals surface area contributed by atoms with Crippen molar-refractivity contribution >= 4 is 11.7 Å². The molecule has 0 N–H and O–H groups in total. The van der Waals surface area contributed by atoms with Crippen molar-refractivity contribution in [3.05, 3.63) is 30.1 Å². The molecule has 0 amide bonds. The first-order chi connectivity index (χ1) is 6.77. The van der Waals surface area contributed by atoms with Gasteiger partial charge in [0.15, 0.2) is 6.10 Å². The van der Waals surface area contributed by atoms with E-state index in [1.54, 1.807) is 24.5 Å². The molecule has 0 fully saturated rings. The molecule has 0 aromatic carbocycles.